The minimum atomic E-state index is -3.83. The average molecular weight is 431 g/mol. The summed E-state index contributed by atoms with van der Waals surface area (Å²) in [6, 6.07) is 10.7. The van der Waals surface area contributed by atoms with Gasteiger partial charge in [0.25, 0.3) is 11.5 Å². The van der Waals surface area contributed by atoms with Gasteiger partial charge in [0.15, 0.2) is 14.6 Å². The van der Waals surface area contributed by atoms with Crippen molar-refractivity contribution in [2.45, 2.75) is 24.6 Å². The lowest BCUT2D eigenvalue weighted by Crippen LogP contribution is -2.49. The first kappa shape index (κ1) is 21.5. The van der Waals surface area contributed by atoms with Gasteiger partial charge >= 0.3 is 0 Å². The second-order valence-electron chi connectivity index (χ2n) is 7.13. The molecule has 0 spiro atoms. The van der Waals surface area contributed by atoms with Gasteiger partial charge in [-0.3, -0.25) is 14.8 Å². The van der Waals surface area contributed by atoms with Gasteiger partial charge in [0.2, 0.25) is 0 Å². The molecule has 0 saturated heterocycles. The Labute approximate surface area is 172 Å². The number of sulfone groups is 1. The number of nitrogens with zero attached hydrogens (tertiary/aromatic N) is 2. The fraction of sp³-hybridized carbons (Fsp3) is 0.250. The van der Waals surface area contributed by atoms with Crippen molar-refractivity contribution in [2.24, 2.45) is 0 Å². The van der Waals surface area contributed by atoms with E-state index in [1.807, 2.05) is 24.3 Å². The normalized spacial score (nSPS) is 13.6. The Hall–Kier alpha value is -3.24. The quantitative estimate of drug-likeness (QED) is 0.431. The number of aromatic nitrogens is 2. The predicted molar refractivity (Wildman–Crippen MR) is 109 cm³/mol. The van der Waals surface area contributed by atoms with E-state index >= 15 is 0 Å². The van der Waals surface area contributed by atoms with Gasteiger partial charge in [-0.15, -0.1) is 0 Å². The third kappa shape index (κ3) is 4.19. The Bertz CT molecular complexity index is 1200. The zero-order valence-corrected chi connectivity index (χ0v) is 17.2. The van der Waals surface area contributed by atoms with Gasteiger partial charge in [-0.2, -0.15) is 0 Å². The van der Waals surface area contributed by atoms with E-state index in [2.05, 4.69) is 5.16 Å². The van der Waals surface area contributed by atoms with Gasteiger partial charge in [0.05, 0.1) is 6.20 Å². The second-order valence-corrected chi connectivity index (χ2v) is 9.58. The van der Waals surface area contributed by atoms with Crippen LogP contribution in [-0.4, -0.2) is 40.3 Å². The van der Waals surface area contributed by atoms with Crippen LogP contribution >= 0.6 is 0 Å². The van der Waals surface area contributed by atoms with Gasteiger partial charge in [0.1, 0.15) is 6.26 Å². The van der Waals surface area contributed by atoms with Crippen LogP contribution in [-0.2, 0) is 21.2 Å². The number of nitrogens with one attached hydrogen (secondary N) is 1. The van der Waals surface area contributed by atoms with Gasteiger partial charge in [-0.1, -0.05) is 29.4 Å². The van der Waals surface area contributed by atoms with E-state index in [0.29, 0.717) is 5.56 Å². The minimum Gasteiger partial charge on any atom is -0.364 e. The SMILES string of the molecule is CC(CCn1ccc(-c2ccc(-c3cnoc3)cc2)cc1=O)(C(=O)NO)S(C)(=O)=O. The maximum Gasteiger partial charge on any atom is 0.264 e. The first-order valence-corrected chi connectivity index (χ1v) is 10.9. The third-order valence-corrected chi connectivity index (χ3v) is 7.24. The topological polar surface area (TPSA) is 132 Å². The lowest BCUT2D eigenvalue weighted by atomic mass is 10.0. The van der Waals surface area contributed by atoms with Gasteiger partial charge < -0.3 is 9.09 Å². The molecule has 2 N–H and O–H groups in total. The molecule has 3 rings (SSSR count). The largest absolute Gasteiger partial charge is 0.364 e. The molecular weight excluding hydrogens is 410 g/mol. The zero-order chi connectivity index (χ0) is 21.9. The number of amides is 1. The first-order valence-electron chi connectivity index (χ1n) is 9.00. The summed E-state index contributed by atoms with van der Waals surface area (Å²) in [5.41, 5.74) is 4.36. The number of hydroxylamine groups is 1. The maximum absolute atomic E-state index is 12.5. The highest BCUT2D eigenvalue weighted by Crippen LogP contribution is 2.25. The van der Waals surface area contributed by atoms with Gasteiger partial charge in [0, 0.05) is 30.6 Å². The summed E-state index contributed by atoms with van der Waals surface area (Å²) in [6.07, 6.45) is 5.43. The van der Waals surface area contributed by atoms with Crippen LogP contribution in [0.5, 0.6) is 0 Å². The fourth-order valence-corrected chi connectivity index (χ4v) is 3.84. The molecule has 9 nitrogen and oxygen atoms in total. The van der Waals surface area contributed by atoms with E-state index < -0.39 is 20.5 Å². The van der Waals surface area contributed by atoms with Crippen LogP contribution in [0.2, 0.25) is 0 Å². The summed E-state index contributed by atoms with van der Waals surface area (Å²) in [7, 11) is -3.83. The molecule has 1 unspecified atom stereocenters. The monoisotopic (exact) mass is 431 g/mol. The molecule has 0 aliphatic rings. The molecule has 0 saturated carbocycles. The van der Waals surface area contributed by atoms with E-state index in [1.54, 1.807) is 18.5 Å². The Morgan fingerprint density at radius 1 is 1.17 bits per heavy atom. The van der Waals surface area contributed by atoms with Gasteiger partial charge in [-0.05, 0) is 36.1 Å². The van der Waals surface area contributed by atoms with Crippen LogP contribution in [0.1, 0.15) is 13.3 Å². The molecule has 2 heterocycles. The number of benzene rings is 1. The van der Waals surface area contributed by atoms with Crippen molar-refractivity contribution in [1.29, 1.82) is 0 Å². The van der Waals surface area contributed by atoms with Crippen LogP contribution in [0, 0.1) is 0 Å². The highest BCUT2D eigenvalue weighted by molar-refractivity contribution is 7.92. The van der Waals surface area contributed by atoms with Crippen LogP contribution in [0.15, 0.2) is 64.4 Å². The van der Waals surface area contributed by atoms with Crippen molar-refractivity contribution in [3.63, 3.8) is 0 Å². The van der Waals surface area contributed by atoms with Crippen molar-refractivity contribution in [3.8, 4) is 22.3 Å². The summed E-state index contributed by atoms with van der Waals surface area (Å²) in [4.78, 5) is 24.4. The van der Waals surface area contributed by atoms with E-state index in [9.17, 15) is 18.0 Å². The molecular formula is C20H21N3O6S. The van der Waals surface area contributed by atoms with Crippen LogP contribution in [0.4, 0.5) is 0 Å². The molecule has 0 fully saturated rings. The number of carbonyl (C=O) groups excluding carboxylic acids is 1. The second kappa shape index (κ2) is 8.25. The Kier molecular flexibility index (Phi) is 5.90. The van der Waals surface area contributed by atoms with Gasteiger partial charge in [-0.25, -0.2) is 13.9 Å². The molecule has 3 aromatic rings. The Morgan fingerprint density at radius 2 is 1.80 bits per heavy atom. The zero-order valence-electron chi connectivity index (χ0n) is 16.4. The summed E-state index contributed by atoms with van der Waals surface area (Å²) >= 11 is 0. The Balaban J connectivity index is 1.80. The summed E-state index contributed by atoms with van der Waals surface area (Å²) < 4.78 is 28.4. The molecule has 0 bridgehead atoms. The average Bonchev–Trinajstić information content (AvgIpc) is 3.26. The van der Waals surface area contributed by atoms with Crippen molar-refractivity contribution in [3.05, 3.63) is 65.4 Å². The van der Waals surface area contributed by atoms with E-state index in [1.165, 1.54) is 29.3 Å². The van der Waals surface area contributed by atoms with Crippen LogP contribution in [0.3, 0.4) is 0 Å². The number of pyridine rings is 1. The molecule has 30 heavy (non-hydrogen) atoms. The van der Waals surface area contributed by atoms with E-state index in [-0.39, 0.29) is 18.5 Å². The Morgan fingerprint density at radius 3 is 2.30 bits per heavy atom. The molecule has 158 valence electrons. The number of hydrogen-bond donors (Lipinski definition) is 2. The van der Waals surface area contributed by atoms with Crippen molar-refractivity contribution in [1.82, 2.24) is 15.2 Å². The number of hydrogen-bond acceptors (Lipinski definition) is 7. The molecule has 1 amide bonds. The number of rotatable bonds is 7. The van der Waals surface area contributed by atoms with Crippen molar-refractivity contribution in [2.75, 3.05) is 6.26 Å². The number of aryl methyl sites for hydroxylation is 1. The lowest BCUT2D eigenvalue weighted by Gasteiger charge is -2.25. The molecule has 0 aliphatic heterocycles. The van der Waals surface area contributed by atoms with Crippen LogP contribution < -0.4 is 11.0 Å². The summed E-state index contributed by atoms with van der Waals surface area (Å²) in [6.45, 7) is 1.20. The standard InChI is InChI=1S/C20H21N3O6S/c1-20(19(25)22-26,30(2,27)28)8-10-23-9-7-16(11-18(23)24)14-3-5-15(6-4-14)17-12-21-29-13-17/h3-7,9,11-13,26H,8,10H2,1-2H3,(H,22,25). The maximum atomic E-state index is 12.5. The van der Waals surface area contributed by atoms with Crippen molar-refractivity contribution < 1.29 is 22.9 Å². The number of carbonyl (C=O) groups is 1. The first-order chi connectivity index (χ1) is 14.2. The molecule has 0 radical (unpaired) electrons. The molecule has 10 heteroatoms. The third-order valence-electron chi connectivity index (χ3n) is 5.21. The fourth-order valence-electron chi connectivity index (χ4n) is 2.99. The van der Waals surface area contributed by atoms with Crippen molar-refractivity contribution >= 4 is 15.7 Å². The summed E-state index contributed by atoms with van der Waals surface area (Å²) in [5.74, 6) is -1.04. The molecule has 0 aliphatic carbocycles. The van der Waals surface area contributed by atoms with E-state index in [0.717, 1.165) is 22.9 Å². The summed E-state index contributed by atoms with van der Waals surface area (Å²) in [5, 5.41) is 12.6. The molecule has 2 aromatic heterocycles. The minimum absolute atomic E-state index is 0.0114. The van der Waals surface area contributed by atoms with E-state index in [4.69, 9.17) is 9.73 Å². The molecule has 1 aromatic carbocycles. The molecule has 1 atom stereocenters. The predicted octanol–water partition coefficient (Wildman–Crippen LogP) is 1.87. The smallest absolute Gasteiger partial charge is 0.264 e. The van der Waals surface area contributed by atoms with Crippen LogP contribution in [0.25, 0.3) is 22.3 Å². The highest BCUT2D eigenvalue weighted by atomic mass is 32.2. The highest BCUT2D eigenvalue weighted by Gasteiger charge is 2.43. The lowest BCUT2D eigenvalue weighted by molar-refractivity contribution is -0.131.